The van der Waals surface area contributed by atoms with Crippen LogP contribution in [0.15, 0.2) is 12.3 Å². The molecule has 1 rings (SSSR count). The summed E-state index contributed by atoms with van der Waals surface area (Å²) in [6, 6.07) is 0. The van der Waals surface area contributed by atoms with Crippen molar-refractivity contribution in [1.29, 1.82) is 0 Å². The molecule has 0 aromatic heterocycles. The first-order valence-electron chi connectivity index (χ1n) is 4.19. The van der Waals surface area contributed by atoms with E-state index in [4.69, 9.17) is 0 Å². The Morgan fingerprint density at radius 1 is 1.44 bits per heavy atom. The molecule has 0 saturated carbocycles. The molecule has 0 aromatic rings. The molecule has 1 unspecified atom stereocenters. The van der Waals surface area contributed by atoms with Crippen molar-refractivity contribution in [2.24, 2.45) is 0 Å². The van der Waals surface area contributed by atoms with E-state index < -0.39 is 33.1 Å². The van der Waals surface area contributed by atoms with Gasteiger partial charge in [-0.3, -0.25) is 14.5 Å². The molecule has 1 aliphatic rings. The fourth-order valence-corrected chi connectivity index (χ4v) is 1.93. The van der Waals surface area contributed by atoms with Crippen LogP contribution in [0, 0.1) is 0 Å². The summed E-state index contributed by atoms with van der Waals surface area (Å²) in [5, 5.41) is 0. The van der Waals surface area contributed by atoms with Gasteiger partial charge in [-0.2, -0.15) is 0 Å². The number of allylic oxidation sites excluding steroid dienone is 1. The Balaban J connectivity index is 0.00000225. The number of likely N-dealkylation sites (tertiary alicyclic amines) is 1. The second-order valence-electron chi connectivity index (χ2n) is 3.41. The Morgan fingerprint density at radius 2 is 1.94 bits per heavy atom. The molecule has 0 N–H and O–H groups in total. The number of carbonyl (C=O) groups is 2. The van der Waals surface area contributed by atoms with Crippen LogP contribution in [0.25, 0.3) is 0 Å². The van der Waals surface area contributed by atoms with Crippen molar-refractivity contribution in [2.75, 3.05) is 0 Å². The maximum absolute atomic E-state index is 11.5. The second-order valence-corrected chi connectivity index (χ2v) is 5.22. The summed E-state index contributed by atoms with van der Waals surface area (Å²) in [4.78, 5) is 23.5. The number of amides is 2. The van der Waals surface area contributed by atoms with Gasteiger partial charge in [0, 0.05) is 6.20 Å². The van der Waals surface area contributed by atoms with Crippen LogP contribution in [-0.2, 0) is 19.7 Å². The standard InChI is InChI=1S/C8H11NO5S.Na/c1-3-4-9-6(10)5-8(2,7(9)11)15(12,13)14;/h3-4H,5H2,1-2H3,(H,12,13,14);/q;+1/p-1/b4-3-;. The average Bonchev–Trinajstić information content (AvgIpc) is 2.29. The third-order valence-corrected chi connectivity index (χ3v) is 3.70. The molecule has 0 aliphatic carbocycles. The molecule has 1 aliphatic heterocycles. The number of rotatable bonds is 2. The fourth-order valence-electron chi connectivity index (χ4n) is 1.31. The third kappa shape index (κ3) is 2.38. The van der Waals surface area contributed by atoms with E-state index in [0.717, 1.165) is 13.1 Å². The van der Waals surface area contributed by atoms with Crippen molar-refractivity contribution < 1.29 is 52.1 Å². The van der Waals surface area contributed by atoms with Gasteiger partial charge in [-0.25, -0.2) is 8.42 Å². The van der Waals surface area contributed by atoms with Crippen LogP contribution >= 0.6 is 0 Å². The van der Waals surface area contributed by atoms with Crippen molar-refractivity contribution in [3.8, 4) is 0 Å². The summed E-state index contributed by atoms with van der Waals surface area (Å²) in [6.07, 6.45) is 1.97. The zero-order valence-electron chi connectivity index (χ0n) is 9.26. The summed E-state index contributed by atoms with van der Waals surface area (Å²) < 4.78 is 30.5. The van der Waals surface area contributed by atoms with Crippen LogP contribution in [0.3, 0.4) is 0 Å². The molecule has 0 bridgehead atoms. The van der Waals surface area contributed by atoms with E-state index in [-0.39, 0.29) is 29.6 Å². The molecular formula is C8H10NNaO5S. The van der Waals surface area contributed by atoms with Crippen LogP contribution in [0.5, 0.6) is 0 Å². The van der Waals surface area contributed by atoms with Crippen molar-refractivity contribution in [3.05, 3.63) is 12.3 Å². The van der Waals surface area contributed by atoms with Gasteiger partial charge >= 0.3 is 29.6 Å². The van der Waals surface area contributed by atoms with Gasteiger partial charge in [-0.05, 0) is 13.8 Å². The molecule has 84 valence electrons. The minimum Gasteiger partial charge on any atom is -0.747 e. The SMILES string of the molecule is C/C=C\N1C(=O)CC(C)(S(=O)(=O)[O-])C1=O.[Na+]. The Morgan fingerprint density at radius 3 is 2.25 bits per heavy atom. The van der Waals surface area contributed by atoms with Gasteiger partial charge in [-0.1, -0.05) is 6.08 Å². The Labute approximate surface area is 116 Å². The maximum Gasteiger partial charge on any atom is 1.00 e. The zero-order chi connectivity index (χ0) is 11.9. The molecule has 16 heavy (non-hydrogen) atoms. The van der Waals surface area contributed by atoms with E-state index in [2.05, 4.69) is 0 Å². The predicted molar refractivity (Wildman–Crippen MR) is 49.4 cm³/mol. The van der Waals surface area contributed by atoms with Crippen LogP contribution in [0.4, 0.5) is 0 Å². The largest absolute Gasteiger partial charge is 1.00 e. The van der Waals surface area contributed by atoms with Crippen LogP contribution in [-0.4, -0.2) is 34.4 Å². The first-order chi connectivity index (χ1) is 6.74. The van der Waals surface area contributed by atoms with Gasteiger partial charge in [0.05, 0.1) is 6.42 Å². The molecular weight excluding hydrogens is 245 g/mol. The van der Waals surface area contributed by atoms with Crippen molar-refractivity contribution in [2.45, 2.75) is 25.0 Å². The van der Waals surface area contributed by atoms with Gasteiger partial charge in [0.1, 0.15) is 14.9 Å². The monoisotopic (exact) mass is 255 g/mol. The molecule has 0 aromatic carbocycles. The quantitative estimate of drug-likeness (QED) is 0.291. The zero-order valence-corrected chi connectivity index (χ0v) is 12.1. The third-order valence-electron chi connectivity index (χ3n) is 2.28. The van der Waals surface area contributed by atoms with Gasteiger partial charge in [0.25, 0.3) is 5.91 Å². The van der Waals surface area contributed by atoms with Crippen LogP contribution < -0.4 is 29.6 Å². The minimum absolute atomic E-state index is 0. The summed E-state index contributed by atoms with van der Waals surface area (Å²) in [5.41, 5.74) is 0. The summed E-state index contributed by atoms with van der Waals surface area (Å²) in [6.45, 7) is 2.54. The first-order valence-corrected chi connectivity index (χ1v) is 5.59. The Hall–Kier alpha value is -0.210. The molecule has 0 radical (unpaired) electrons. The molecule has 6 nitrogen and oxygen atoms in total. The maximum atomic E-state index is 11.5. The topological polar surface area (TPSA) is 94.6 Å². The van der Waals surface area contributed by atoms with E-state index in [1.807, 2.05) is 0 Å². The molecule has 0 spiro atoms. The summed E-state index contributed by atoms with van der Waals surface area (Å²) in [7, 11) is -4.83. The minimum atomic E-state index is -4.83. The smallest absolute Gasteiger partial charge is 0.747 e. The first kappa shape index (κ1) is 15.8. The van der Waals surface area contributed by atoms with E-state index in [1.54, 1.807) is 6.92 Å². The van der Waals surface area contributed by atoms with Crippen LogP contribution in [0.2, 0.25) is 0 Å². The molecule has 1 saturated heterocycles. The Bertz CT molecular complexity index is 443. The Kier molecular flexibility index (Phi) is 4.90. The molecule has 2 amide bonds. The molecule has 1 fully saturated rings. The summed E-state index contributed by atoms with van der Waals surface area (Å²) >= 11 is 0. The molecule has 8 heteroatoms. The molecule has 1 atom stereocenters. The number of hydrogen-bond donors (Lipinski definition) is 0. The van der Waals surface area contributed by atoms with Gasteiger partial charge < -0.3 is 4.55 Å². The van der Waals surface area contributed by atoms with Crippen molar-refractivity contribution >= 4 is 21.9 Å². The van der Waals surface area contributed by atoms with Crippen molar-refractivity contribution in [1.82, 2.24) is 4.90 Å². The number of hydrogen-bond acceptors (Lipinski definition) is 5. The van der Waals surface area contributed by atoms with Gasteiger partial charge in [0.2, 0.25) is 5.91 Å². The van der Waals surface area contributed by atoms with Gasteiger partial charge in [-0.15, -0.1) is 0 Å². The number of nitrogens with zero attached hydrogens (tertiary/aromatic N) is 1. The average molecular weight is 255 g/mol. The van der Waals surface area contributed by atoms with Crippen molar-refractivity contribution in [3.63, 3.8) is 0 Å². The van der Waals surface area contributed by atoms with E-state index in [0.29, 0.717) is 4.90 Å². The van der Waals surface area contributed by atoms with E-state index in [1.165, 1.54) is 6.08 Å². The number of carbonyl (C=O) groups excluding carboxylic acids is 2. The normalized spacial score (nSPS) is 26.3. The van der Waals surface area contributed by atoms with E-state index in [9.17, 15) is 22.6 Å². The fraction of sp³-hybridized carbons (Fsp3) is 0.500. The molecule has 1 heterocycles. The predicted octanol–water partition coefficient (Wildman–Crippen LogP) is -3.41. The van der Waals surface area contributed by atoms with Gasteiger partial charge in [0.15, 0.2) is 0 Å². The van der Waals surface area contributed by atoms with E-state index >= 15 is 0 Å². The summed E-state index contributed by atoms with van der Waals surface area (Å²) in [5.74, 6) is -1.67. The van der Waals surface area contributed by atoms with Crippen LogP contribution in [0.1, 0.15) is 20.3 Å². The second kappa shape index (κ2) is 4.97. The number of imide groups is 1.